The molecule has 29 heavy (non-hydrogen) atoms. The second kappa shape index (κ2) is 8.59. The molecule has 0 bridgehead atoms. The van der Waals surface area contributed by atoms with Gasteiger partial charge in [-0.15, -0.1) is 11.3 Å². The van der Waals surface area contributed by atoms with Crippen molar-refractivity contribution in [3.8, 4) is 5.75 Å². The number of benzene rings is 1. The number of ether oxygens (including phenoxy) is 1. The summed E-state index contributed by atoms with van der Waals surface area (Å²) in [7, 11) is 0. The van der Waals surface area contributed by atoms with Gasteiger partial charge in [0.1, 0.15) is 23.1 Å². The van der Waals surface area contributed by atoms with E-state index in [2.05, 4.69) is 35.5 Å². The molecular formula is C22H24ClN3O2S. The quantitative estimate of drug-likeness (QED) is 0.555. The minimum atomic E-state index is 0.0124. The normalized spacial score (nSPS) is 14.9. The van der Waals surface area contributed by atoms with E-state index in [9.17, 15) is 4.79 Å². The van der Waals surface area contributed by atoms with Crippen molar-refractivity contribution in [3.63, 3.8) is 0 Å². The Morgan fingerprint density at radius 3 is 2.45 bits per heavy atom. The number of amides is 1. The van der Waals surface area contributed by atoms with Gasteiger partial charge in [0.15, 0.2) is 0 Å². The molecule has 0 spiro atoms. The van der Waals surface area contributed by atoms with Crippen molar-refractivity contribution in [2.75, 3.05) is 13.1 Å². The number of aryl methyl sites for hydroxylation is 2. The first kappa shape index (κ1) is 20.0. The molecule has 1 aliphatic heterocycles. The van der Waals surface area contributed by atoms with E-state index in [1.54, 1.807) is 12.1 Å². The number of likely N-dealkylation sites (tertiary alicyclic amines) is 1. The van der Waals surface area contributed by atoms with Crippen LogP contribution >= 0.6 is 22.9 Å². The van der Waals surface area contributed by atoms with Crippen molar-refractivity contribution in [1.82, 2.24) is 14.5 Å². The van der Waals surface area contributed by atoms with Crippen LogP contribution in [0, 0.1) is 13.8 Å². The van der Waals surface area contributed by atoms with E-state index in [1.165, 1.54) is 22.7 Å². The fourth-order valence-corrected chi connectivity index (χ4v) is 4.70. The van der Waals surface area contributed by atoms with Crippen molar-refractivity contribution in [2.24, 2.45) is 0 Å². The first-order chi connectivity index (χ1) is 14.0. The van der Waals surface area contributed by atoms with Gasteiger partial charge in [0.25, 0.3) is 5.91 Å². The number of nitrogens with zero attached hydrogens (tertiary/aromatic N) is 3. The molecule has 3 aromatic rings. The van der Waals surface area contributed by atoms with Gasteiger partial charge in [-0.05, 0) is 63.1 Å². The fourth-order valence-electron chi connectivity index (χ4n) is 3.90. The van der Waals surface area contributed by atoms with E-state index in [1.807, 2.05) is 22.4 Å². The van der Waals surface area contributed by atoms with E-state index in [0.29, 0.717) is 23.4 Å². The number of carbonyl (C=O) groups is 1. The Balaban J connectivity index is 1.33. The lowest BCUT2D eigenvalue weighted by Gasteiger charge is -2.33. The fraction of sp³-hybridized carbons (Fsp3) is 0.364. The van der Waals surface area contributed by atoms with E-state index in [4.69, 9.17) is 16.3 Å². The van der Waals surface area contributed by atoms with Gasteiger partial charge in [0.2, 0.25) is 0 Å². The maximum absolute atomic E-state index is 12.9. The molecule has 1 amide bonds. The van der Waals surface area contributed by atoms with E-state index < -0.39 is 0 Å². The topological polar surface area (TPSA) is 47.4 Å². The van der Waals surface area contributed by atoms with Gasteiger partial charge in [0, 0.05) is 40.9 Å². The van der Waals surface area contributed by atoms with Gasteiger partial charge in [-0.1, -0.05) is 11.6 Å². The number of aromatic nitrogens is 2. The van der Waals surface area contributed by atoms with Gasteiger partial charge >= 0.3 is 0 Å². The molecule has 0 unspecified atom stereocenters. The van der Waals surface area contributed by atoms with Gasteiger partial charge in [-0.2, -0.15) is 0 Å². The minimum absolute atomic E-state index is 0.0124. The highest BCUT2D eigenvalue weighted by Crippen LogP contribution is 2.27. The molecule has 152 valence electrons. The summed E-state index contributed by atoms with van der Waals surface area (Å²) in [5, 5.41) is 3.29. The predicted molar refractivity (Wildman–Crippen MR) is 116 cm³/mol. The zero-order valence-electron chi connectivity index (χ0n) is 16.6. The first-order valence-corrected chi connectivity index (χ1v) is 11.0. The lowest BCUT2D eigenvalue weighted by atomic mass is 10.0. The Hall–Kier alpha value is -2.31. The molecule has 3 heterocycles. The molecule has 0 N–H and O–H groups in total. The zero-order chi connectivity index (χ0) is 20.4. The molecule has 0 radical (unpaired) electrons. The summed E-state index contributed by atoms with van der Waals surface area (Å²) in [6.45, 7) is 6.15. The maximum atomic E-state index is 12.9. The average molecular weight is 430 g/mol. The largest absolute Gasteiger partial charge is 0.486 e. The number of thiazole rings is 1. The van der Waals surface area contributed by atoms with Gasteiger partial charge < -0.3 is 14.2 Å². The van der Waals surface area contributed by atoms with Crippen LogP contribution in [0.1, 0.15) is 45.8 Å². The summed E-state index contributed by atoms with van der Waals surface area (Å²) < 4.78 is 8.12. The molecule has 1 aliphatic rings. The molecule has 1 saturated heterocycles. The van der Waals surface area contributed by atoms with Crippen LogP contribution < -0.4 is 4.74 Å². The molecule has 7 heteroatoms. The summed E-state index contributed by atoms with van der Waals surface area (Å²) >= 11 is 7.34. The highest BCUT2D eigenvalue weighted by Gasteiger charge is 2.26. The molecule has 2 aromatic heterocycles. The van der Waals surface area contributed by atoms with Crippen LogP contribution in [0.3, 0.4) is 0 Å². The Morgan fingerprint density at radius 1 is 1.14 bits per heavy atom. The molecule has 0 aliphatic carbocycles. The van der Waals surface area contributed by atoms with Crippen molar-refractivity contribution in [1.29, 1.82) is 0 Å². The van der Waals surface area contributed by atoms with Gasteiger partial charge in [0.05, 0.1) is 0 Å². The summed E-state index contributed by atoms with van der Waals surface area (Å²) in [6.07, 6.45) is 1.94. The second-order valence-electron chi connectivity index (χ2n) is 7.38. The first-order valence-electron chi connectivity index (χ1n) is 9.78. The Bertz CT molecular complexity index is 968. The monoisotopic (exact) mass is 429 g/mol. The van der Waals surface area contributed by atoms with Crippen molar-refractivity contribution in [2.45, 2.75) is 39.3 Å². The summed E-state index contributed by atoms with van der Waals surface area (Å²) in [6, 6.07) is 12.0. The SMILES string of the molecule is Cc1ccc(C)n1C1CCN(C(=O)c2csc(COc3ccc(Cl)cc3)n2)CC1. The third kappa shape index (κ3) is 4.49. The van der Waals surface area contributed by atoms with Gasteiger partial charge in [-0.3, -0.25) is 4.79 Å². The van der Waals surface area contributed by atoms with Crippen LogP contribution in [0.15, 0.2) is 41.8 Å². The lowest BCUT2D eigenvalue weighted by Crippen LogP contribution is -2.39. The number of piperidine rings is 1. The standard InChI is InChI=1S/C22H24ClN3O2S/c1-15-3-4-16(2)26(15)18-9-11-25(12-10-18)22(27)20-14-29-21(24-20)13-28-19-7-5-17(23)6-8-19/h3-8,14,18H,9-13H2,1-2H3. The summed E-state index contributed by atoms with van der Waals surface area (Å²) in [5.74, 6) is 0.744. The van der Waals surface area contributed by atoms with E-state index in [0.717, 1.165) is 36.7 Å². The maximum Gasteiger partial charge on any atom is 0.273 e. The zero-order valence-corrected chi connectivity index (χ0v) is 18.2. The third-order valence-corrected chi connectivity index (χ3v) is 6.46. The van der Waals surface area contributed by atoms with Crippen molar-refractivity contribution >= 4 is 28.8 Å². The number of hydrogen-bond donors (Lipinski definition) is 0. The molecule has 0 atom stereocenters. The molecule has 0 saturated carbocycles. The Morgan fingerprint density at radius 2 is 1.79 bits per heavy atom. The lowest BCUT2D eigenvalue weighted by molar-refractivity contribution is 0.0688. The third-order valence-electron chi connectivity index (χ3n) is 5.39. The van der Waals surface area contributed by atoms with E-state index in [-0.39, 0.29) is 5.91 Å². The highest BCUT2D eigenvalue weighted by atomic mass is 35.5. The van der Waals surface area contributed by atoms with Crippen LogP contribution in [0.2, 0.25) is 5.02 Å². The molecule has 5 nitrogen and oxygen atoms in total. The number of carbonyl (C=O) groups excluding carboxylic acids is 1. The molecular weight excluding hydrogens is 406 g/mol. The summed E-state index contributed by atoms with van der Waals surface area (Å²) in [4.78, 5) is 19.3. The number of halogens is 1. The number of hydrogen-bond acceptors (Lipinski definition) is 4. The molecule has 1 aromatic carbocycles. The Labute approximate surface area is 179 Å². The predicted octanol–water partition coefficient (Wildman–Crippen LogP) is 5.27. The van der Waals surface area contributed by atoms with Crippen LogP contribution in [-0.2, 0) is 6.61 Å². The summed E-state index contributed by atoms with van der Waals surface area (Å²) in [5.41, 5.74) is 3.09. The average Bonchev–Trinajstić information content (AvgIpc) is 3.34. The number of rotatable bonds is 5. The van der Waals surface area contributed by atoms with Crippen molar-refractivity contribution < 1.29 is 9.53 Å². The Kier molecular flexibility index (Phi) is 5.92. The minimum Gasteiger partial charge on any atom is -0.486 e. The van der Waals surface area contributed by atoms with Crippen LogP contribution in [-0.4, -0.2) is 33.4 Å². The highest BCUT2D eigenvalue weighted by molar-refractivity contribution is 7.09. The van der Waals surface area contributed by atoms with Crippen LogP contribution in [0.25, 0.3) is 0 Å². The van der Waals surface area contributed by atoms with Crippen LogP contribution in [0.5, 0.6) is 5.75 Å². The second-order valence-corrected chi connectivity index (χ2v) is 8.76. The molecule has 4 rings (SSSR count). The smallest absolute Gasteiger partial charge is 0.273 e. The van der Waals surface area contributed by atoms with Crippen molar-refractivity contribution in [3.05, 3.63) is 68.9 Å². The van der Waals surface area contributed by atoms with E-state index >= 15 is 0 Å². The molecule has 1 fully saturated rings. The van der Waals surface area contributed by atoms with Crippen LogP contribution in [0.4, 0.5) is 0 Å². The van der Waals surface area contributed by atoms with Gasteiger partial charge in [-0.25, -0.2) is 4.98 Å².